The van der Waals surface area contributed by atoms with Crippen LogP contribution in [0.4, 0.5) is 0 Å². The average Bonchev–Trinajstić information content (AvgIpc) is 2.30. The molecule has 12 heavy (non-hydrogen) atoms. The summed E-state index contributed by atoms with van der Waals surface area (Å²) in [5, 5.41) is 2.77. The molecule has 0 atom stereocenters. The first kappa shape index (κ1) is 9.74. The van der Waals surface area contributed by atoms with Crippen LogP contribution < -0.4 is 5.32 Å². The molecule has 4 heteroatoms. The van der Waals surface area contributed by atoms with Gasteiger partial charge in [0, 0.05) is 6.54 Å². The van der Waals surface area contributed by atoms with Crippen LogP contribution in [0.3, 0.4) is 0 Å². The summed E-state index contributed by atoms with van der Waals surface area (Å²) in [5.74, 6) is 0.0192. The van der Waals surface area contributed by atoms with Crippen LogP contribution in [0, 0.1) is 6.92 Å². The van der Waals surface area contributed by atoms with Crippen molar-refractivity contribution in [3.63, 3.8) is 0 Å². The van der Waals surface area contributed by atoms with Crippen LogP contribution in [0.2, 0.25) is 0 Å². The molecule has 0 spiro atoms. The van der Waals surface area contributed by atoms with Crippen LogP contribution >= 0.6 is 27.3 Å². The summed E-state index contributed by atoms with van der Waals surface area (Å²) in [6.45, 7) is 4.52. The van der Waals surface area contributed by atoms with Crippen LogP contribution in [-0.2, 0) is 0 Å². The highest BCUT2D eigenvalue weighted by Gasteiger charge is 2.10. The molecule has 0 saturated carbocycles. The smallest absolute Gasteiger partial charge is 0.261 e. The van der Waals surface area contributed by atoms with Crippen LogP contribution in [0.15, 0.2) is 9.85 Å². The Hall–Kier alpha value is -0.350. The van der Waals surface area contributed by atoms with Gasteiger partial charge in [-0.15, -0.1) is 11.3 Å². The van der Waals surface area contributed by atoms with Crippen LogP contribution in [0.5, 0.6) is 0 Å². The lowest BCUT2D eigenvalue weighted by Crippen LogP contribution is -2.22. The minimum Gasteiger partial charge on any atom is -0.352 e. The Balaban J connectivity index is 2.87. The molecule has 1 N–H and O–H groups in total. The van der Waals surface area contributed by atoms with E-state index in [9.17, 15) is 4.79 Å². The van der Waals surface area contributed by atoms with E-state index in [0.717, 1.165) is 14.2 Å². The maximum Gasteiger partial charge on any atom is 0.261 e. The lowest BCUT2D eigenvalue weighted by atomic mass is 10.3. The molecule has 1 rings (SSSR count). The normalized spacial score (nSPS) is 9.92. The highest BCUT2D eigenvalue weighted by atomic mass is 79.9. The van der Waals surface area contributed by atoms with Gasteiger partial charge in [-0.05, 0) is 41.4 Å². The van der Waals surface area contributed by atoms with E-state index < -0.39 is 0 Å². The van der Waals surface area contributed by atoms with Crippen LogP contribution in [0.1, 0.15) is 22.2 Å². The molecule has 0 aliphatic carbocycles. The molecule has 0 fully saturated rings. The standard InChI is InChI=1S/C8H10BrNOS/c1-3-10-8(11)7-5(2)4-6(9)12-7/h4H,3H2,1-2H3,(H,10,11). The summed E-state index contributed by atoms with van der Waals surface area (Å²) in [4.78, 5) is 12.2. The molecule has 1 heterocycles. The summed E-state index contributed by atoms with van der Waals surface area (Å²) in [6, 6.07) is 1.95. The Morgan fingerprint density at radius 1 is 1.75 bits per heavy atom. The molecular formula is C8H10BrNOS. The van der Waals surface area contributed by atoms with Gasteiger partial charge in [0.2, 0.25) is 0 Å². The second-order valence-electron chi connectivity index (χ2n) is 2.42. The van der Waals surface area contributed by atoms with E-state index in [1.54, 1.807) is 0 Å². The van der Waals surface area contributed by atoms with Crippen molar-refractivity contribution in [3.05, 3.63) is 20.3 Å². The molecule has 1 aromatic rings. The zero-order valence-electron chi connectivity index (χ0n) is 6.98. The summed E-state index contributed by atoms with van der Waals surface area (Å²) in [5.41, 5.74) is 1.03. The van der Waals surface area contributed by atoms with E-state index in [1.165, 1.54) is 11.3 Å². The van der Waals surface area contributed by atoms with Crippen molar-refractivity contribution in [1.29, 1.82) is 0 Å². The predicted molar refractivity (Wildman–Crippen MR) is 54.8 cm³/mol. The second kappa shape index (κ2) is 4.05. The summed E-state index contributed by atoms with van der Waals surface area (Å²) in [7, 11) is 0. The first-order valence-electron chi connectivity index (χ1n) is 3.69. The molecule has 66 valence electrons. The lowest BCUT2D eigenvalue weighted by molar-refractivity contribution is 0.0959. The number of carbonyl (C=O) groups is 1. The SMILES string of the molecule is CCNC(=O)c1sc(Br)cc1C. The highest BCUT2D eigenvalue weighted by Crippen LogP contribution is 2.26. The van der Waals surface area contributed by atoms with Crippen LogP contribution in [0.25, 0.3) is 0 Å². The van der Waals surface area contributed by atoms with Gasteiger partial charge in [-0.25, -0.2) is 0 Å². The van der Waals surface area contributed by atoms with Gasteiger partial charge in [0.15, 0.2) is 0 Å². The van der Waals surface area contributed by atoms with E-state index in [-0.39, 0.29) is 5.91 Å². The molecule has 0 saturated heterocycles. The Morgan fingerprint density at radius 2 is 2.42 bits per heavy atom. The van der Waals surface area contributed by atoms with Gasteiger partial charge < -0.3 is 5.32 Å². The number of carbonyl (C=O) groups excluding carboxylic acids is 1. The van der Waals surface area contributed by atoms with Crippen molar-refractivity contribution < 1.29 is 4.79 Å². The van der Waals surface area contributed by atoms with Crippen LogP contribution in [-0.4, -0.2) is 12.5 Å². The number of rotatable bonds is 2. The first-order valence-corrected chi connectivity index (χ1v) is 5.30. The molecule has 0 unspecified atom stereocenters. The minimum atomic E-state index is 0.0192. The number of thiophene rings is 1. The summed E-state index contributed by atoms with van der Waals surface area (Å²) in [6.07, 6.45) is 0. The third kappa shape index (κ3) is 2.08. The van der Waals surface area contributed by atoms with E-state index in [1.807, 2.05) is 19.9 Å². The monoisotopic (exact) mass is 247 g/mol. The predicted octanol–water partition coefficient (Wildman–Crippen LogP) is 2.57. The maximum absolute atomic E-state index is 11.4. The third-order valence-corrected chi connectivity index (χ3v) is 3.17. The molecule has 0 aliphatic heterocycles. The number of halogens is 1. The summed E-state index contributed by atoms with van der Waals surface area (Å²) < 4.78 is 1.00. The van der Waals surface area contributed by atoms with Gasteiger partial charge in [0.1, 0.15) is 0 Å². The number of amides is 1. The fourth-order valence-electron chi connectivity index (χ4n) is 0.909. The van der Waals surface area contributed by atoms with Crippen molar-refractivity contribution in [2.24, 2.45) is 0 Å². The number of hydrogen-bond donors (Lipinski definition) is 1. The van der Waals surface area contributed by atoms with Gasteiger partial charge in [0.05, 0.1) is 8.66 Å². The Morgan fingerprint density at radius 3 is 2.83 bits per heavy atom. The van der Waals surface area contributed by atoms with E-state index >= 15 is 0 Å². The van der Waals surface area contributed by atoms with E-state index in [2.05, 4.69) is 21.2 Å². The van der Waals surface area contributed by atoms with Crippen molar-refractivity contribution in [2.45, 2.75) is 13.8 Å². The fraction of sp³-hybridized carbons (Fsp3) is 0.375. The molecular weight excluding hydrogens is 238 g/mol. The molecule has 1 aromatic heterocycles. The molecule has 0 aromatic carbocycles. The number of aryl methyl sites for hydroxylation is 1. The maximum atomic E-state index is 11.4. The lowest BCUT2D eigenvalue weighted by Gasteiger charge is -1.98. The zero-order chi connectivity index (χ0) is 9.14. The fourth-order valence-corrected chi connectivity index (χ4v) is 2.55. The highest BCUT2D eigenvalue weighted by molar-refractivity contribution is 9.11. The van der Waals surface area contributed by atoms with Gasteiger partial charge in [-0.3, -0.25) is 4.79 Å². The second-order valence-corrected chi connectivity index (χ2v) is 4.85. The van der Waals surface area contributed by atoms with Crippen molar-refractivity contribution >= 4 is 33.2 Å². The molecule has 0 aliphatic rings. The third-order valence-electron chi connectivity index (χ3n) is 1.43. The molecule has 0 bridgehead atoms. The Kier molecular flexibility index (Phi) is 3.29. The van der Waals surface area contributed by atoms with Crippen molar-refractivity contribution in [1.82, 2.24) is 5.32 Å². The van der Waals surface area contributed by atoms with Gasteiger partial charge in [-0.2, -0.15) is 0 Å². The molecule has 1 amide bonds. The Labute approximate surface area is 84.1 Å². The van der Waals surface area contributed by atoms with Gasteiger partial charge in [0.25, 0.3) is 5.91 Å². The topological polar surface area (TPSA) is 29.1 Å². The largest absolute Gasteiger partial charge is 0.352 e. The first-order chi connectivity index (χ1) is 5.65. The van der Waals surface area contributed by atoms with Crippen molar-refractivity contribution in [3.8, 4) is 0 Å². The number of nitrogens with one attached hydrogen (secondary N) is 1. The average molecular weight is 248 g/mol. The summed E-state index contributed by atoms with van der Waals surface area (Å²) >= 11 is 4.81. The van der Waals surface area contributed by atoms with E-state index in [0.29, 0.717) is 6.54 Å². The zero-order valence-corrected chi connectivity index (χ0v) is 9.38. The van der Waals surface area contributed by atoms with Gasteiger partial charge in [-0.1, -0.05) is 0 Å². The molecule has 0 radical (unpaired) electrons. The van der Waals surface area contributed by atoms with E-state index in [4.69, 9.17) is 0 Å². The number of hydrogen-bond acceptors (Lipinski definition) is 2. The quantitative estimate of drug-likeness (QED) is 0.856. The minimum absolute atomic E-state index is 0.0192. The van der Waals surface area contributed by atoms with Gasteiger partial charge >= 0.3 is 0 Å². The molecule has 2 nitrogen and oxygen atoms in total. The Bertz CT molecular complexity index is 295. The van der Waals surface area contributed by atoms with Crippen molar-refractivity contribution in [2.75, 3.05) is 6.54 Å².